The molecule has 0 fully saturated rings. The Morgan fingerprint density at radius 3 is 2.29 bits per heavy atom. The van der Waals surface area contributed by atoms with Gasteiger partial charge in [-0.1, -0.05) is 64.0 Å². The van der Waals surface area contributed by atoms with Crippen LogP contribution in [0.15, 0.2) is 45.6 Å². The van der Waals surface area contributed by atoms with E-state index in [9.17, 15) is 4.79 Å². The Labute approximate surface area is 169 Å². The second-order valence-corrected chi connectivity index (χ2v) is 7.41. The Bertz CT molecular complexity index is 670. The van der Waals surface area contributed by atoms with E-state index >= 15 is 0 Å². The van der Waals surface area contributed by atoms with Crippen molar-refractivity contribution in [1.82, 2.24) is 4.98 Å². The van der Waals surface area contributed by atoms with Crippen molar-refractivity contribution in [2.45, 2.75) is 90.4 Å². The second-order valence-electron chi connectivity index (χ2n) is 7.41. The summed E-state index contributed by atoms with van der Waals surface area (Å²) in [7, 11) is 0. The summed E-state index contributed by atoms with van der Waals surface area (Å²) in [6.07, 6.45) is 23.1. The van der Waals surface area contributed by atoms with Crippen LogP contribution in [0.4, 0.5) is 0 Å². The number of carbonyl (C=O) groups is 1. The van der Waals surface area contributed by atoms with Crippen molar-refractivity contribution < 1.29 is 13.6 Å². The third-order valence-corrected chi connectivity index (χ3v) is 4.92. The number of hydrogen-bond donors (Lipinski definition) is 0. The first-order valence-corrected chi connectivity index (χ1v) is 11.0. The summed E-state index contributed by atoms with van der Waals surface area (Å²) in [5.74, 6) is 1.25. The first kappa shape index (κ1) is 22.2. The minimum absolute atomic E-state index is 0.0309. The van der Waals surface area contributed by atoms with Gasteiger partial charge in [-0.3, -0.25) is 4.79 Å². The summed E-state index contributed by atoms with van der Waals surface area (Å²) < 4.78 is 10.7. The van der Waals surface area contributed by atoms with Crippen molar-refractivity contribution in [1.29, 1.82) is 0 Å². The van der Waals surface area contributed by atoms with Gasteiger partial charge in [-0.25, -0.2) is 4.98 Å². The van der Waals surface area contributed by atoms with Crippen molar-refractivity contribution in [3.8, 4) is 11.5 Å². The number of ketones is 1. The maximum atomic E-state index is 12.1. The van der Waals surface area contributed by atoms with Gasteiger partial charge in [-0.05, 0) is 44.2 Å². The average Bonchev–Trinajstić information content (AvgIpc) is 3.39. The lowest BCUT2D eigenvalue weighted by atomic mass is 10.1. The predicted octanol–water partition coefficient (Wildman–Crippen LogP) is 7.76. The Morgan fingerprint density at radius 2 is 1.61 bits per heavy atom. The van der Waals surface area contributed by atoms with Crippen LogP contribution in [0.25, 0.3) is 11.5 Å². The van der Waals surface area contributed by atoms with E-state index in [1.807, 2.05) is 0 Å². The molecule has 0 saturated heterocycles. The van der Waals surface area contributed by atoms with Crippen molar-refractivity contribution in [3.63, 3.8) is 0 Å². The third-order valence-electron chi connectivity index (χ3n) is 4.92. The lowest BCUT2D eigenvalue weighted by Crippen LogP contribution is -1.98. The zero-order valence-corrected chi connectivity index (χ0v) is 17.3. The number of unbranched alkanes of at least 4 members (excludes halogenated alkanes) is 10. The zero-order chi connectivity index (χ0) is 19.9. The second kappa shape index (κ2) is 14.0. The van der Waals surface area contributed by atoms with Crippen molar-refractivity contribution >= 4 is 5.78 Å². The van der Waals surface area contributed by atoms with E-state index in [1.165, 1.54) is 51.4 Å². The number of allylic oxidation sites excluding steroid dienone is 2. The Kier molecular flexibility index (Phi) is 11.1. The number of rotatable bonds is 16. The molecule has 0 radical (unpaired) electrons. The maximum absolute atomic E-state index is 12.1. The van der Waals surface area contributed by atoms with Crippen molar-refractivity contribution in [3.05, 3.63) is 42.6 Å². The molecule has 0 amide bonds. The van der Waals surface area contributed by atoms with Crippen LogP contribution in [0, 0.1) is 0 Å². The van der Waals surface area contributed by atoms with Gasteiger partial charge in [-0.2, -0.15) is 0 Å². The van der Waals surface area contributed by atoms with Crippen LogP contribution in [-0.2, 0) is 0 Å². The van der Waals surface area contributed by atoms with E-state index < -0.39 is 0 Å². The van der Waals surface area contributed by atoms with E-state index in [0.717, 1.165) is 25.7 Å². The summed E-state index contributed by atoms with van der Waals surface area (Å²) in [6.45, 7) is 2.26. The molecule has 0 atom stereocenters. The minimum Gasteiger partial charge on any atom is -0.461 e. The first-order valence-electron chi connectivity index (χ1n) is 11.0. The molecular weight excluding hydrogens is 350 g/mol. The lowest BCUT2D eigenvalue weighted by molar-refractivity contribution is 0.0946. The zero-order valence-electron chi connectivity index (χ0n) is 17.3. The van der Waals surface area contributed by atoms with Crippen molar-refractivity contribution in [2.75, 3.05) is 0 Å². The normalized spacial score (nSPS) is 11.5. The SMILES string of the molecule is CCCCCCCC/C=C\CCCCCCC(=O)c1ncc(-c2ccco2)o1. The molecule has 0 aliphatic rings. The van der Waals surface area contributed by atoms with E-state index in [-0.39, 0.29) is 11.7 Å². The van der Waals surface area contributed by atoms with Gasteiger partial charge in [0.2, 0.25) is 5.78 Å². The smallest absolute Gasteiger partial charge is 0.263 e. The summed E-state index contributed by atoms with van der Waals surface area (Å²) in [5.41, 5.74) is 0. The molecule has 0 spiro atoms. The average molecular weight is 386 g/mol. The maximum Gasteiger partial charge on any atom is 0.263 e. The van der Waals surface area contributed by atoms with Gasteiger partial charge in [0.15, 0.2) is 11.5 Å². The molecule has 4 heteroatoms. The molecule has 0 saturated carbocycles. The fourth-order valence-electron chi connectivity index (χ4n) is 3.22. The van der Waals surface area contributed by atoms with Gasteiger partial charge >= 0.3 is 0 Å². The molecule has 2 rings (SSSR count). The highest BCUT2D eigenvalue weighted by Crippen LogP contribution is 2.21. The molecule has 2 heterocycles. The summed E-state index contributed by atoms with van der Waals surface area (Å²) in [6, 6.07) is 3.57. The van der Waals surface area contributed by atoms with Gasteiger partial charge in [0.25, 0.3) is 5.89 Å². The van der Waals surface area contributed by atoms with E-state index in [1.54, 1.807) is 24.6 Å². The number of hydrogen-bond acceptors (Lipinski definition) is 4. The fourth-order valence-corrected chi connectivity index (χ4v) is 3.22. The molecule has 0 aromatic carbocycles. The molecule has 0 N–H and O–H groups in total. The molecule has 0 aliphatic heterocycles. The van der Waals surface area contributed by atoms with Crippen LogP contribution in [0.5, 0.6) is 0 Å². The Balaban J connectivity index is 1.45. The van der Waals surface area contributed by atoms with Gasteiger partial charge in [0.1, 0.15) is 0 Å². The molecule has 0 aliphatic carbocycles. The molecule has 0 unspecified atom stereocenters. The van der Waals surface area contributed by atoms with E-state index in [2.05, 4.69) is 24.1 Å². The highest BCUT2D eigenvalue weighted by molar-refractivity contribution is 5.91. The number of Topliss-reactive ketones (excluding diaryl/α,β-unsaturated/α-hetero) is 1. The Hall–Kier alpha value is -2.10. The largest absolute Gasteiger partial charge is 0.461 e. The molecular formula is C24H35NO3. The third kappa shape index (κ3) is 8.73. The van der Waals surface area contributed by atoms with Crippen LogP contribution in [0.2, 0.25) is 0 Å². The summed E-state index contributed by atoms with van der Waals surface area (Å²) in [5, 5.41) is 0. The number of carbonyl (C=O) groups excluding carboxylic acids is 1. The summed E-state index contributed by atoms with van der Waals surface area (Å²) in [4.78, 5) is 16.2. The number of oxazole rings is 1. The monoisotopic (exact) mass is 385 g/mol. The van der Waals surface area contributed by atoms with Crippen LogP contribution in [0.1, 0.15) is 101 Å². The lowest BCUT2D eigenvalue weighted by Gasteiger charge is -1.99. The number of aromatic nitrogens is 1. The predicted molar refractivity (Wildman–Crippen MR) is 113 cm³/mol. The minimum atomic E-state index is -0.0309. The highest BCUT2D eigenvalue weighted by atomic mass is 16.4. The Morgan fingerprint density at radius 1 is 0.929 bits per heavy atom. The van der Waals surface area contributed by atoms with Gasteiger partial charge in [0.05, 0.1) is 12.5 Å². The van der Waals surface area contributed by atoms with Gasteiger partial charge < -0.3 is 8.83 Å². The van der Waals surface area contributed by atoms with Crippen molar-refractivity contribution in [2.24, 2.45) is 0 Å². The van der Waals surface area contributed by atoms with Crippen LogP contribution < -0.4 is 0 Å². The molecule has 0 bridgehead atoms. The molecule has 4 nitrogen and oxygen atoms in total. The fraction of sp³-hybridized carbons (Fsp3) is 0.583. The summed E-state index contributed by atoms with van der Waals surface area (Å²) >= 11 is 0. The standard InChI is InChI=1S/C24H35NO3/c1-2-3-4-5-6-7-8-9-10-11-12-13-14-15-17-21(26)24-25-20-23(28-24)22-18-16-19-27-22/h9-10,16,18-20H,2-8,11-15,17H2,1H3/b10-9-. The first-order chi connectivity index (χ1) is 13.8. The number of nitrogens with zero attached hydrogens (tertiary/aromatic N) is 1. The van der Waals surface area contributed by atoms with Crippen LogP contribution in [-0.4, -0.2) is 10.8 Å². The number of furan rings is 1. The quantitative estimate of drug-likeness (QED) is 0.168. The van der Waals surface area contributed by atoms with Gasteiger partial charge in [0, 0.05) is 6.42 Å². The molecule has 2 aromatic heterocycles. The van der Waals surface area contributed by atoms with Crippen LogP contribution in [0.3, 0.4) is 0 Å². The molecule has 154 valence electrons. The highest BCUT2D eigenvalue weighted by Gasteiger charge is 2.14. The topological polar surface area (TPSA) is 56.2 Å². The molecule has 28 heavy (non-hydrogen) atoms. The molecule has 2 aromatic rings. The van der Waals surface area contributed by atoms with Gasteiger partial charge in [-0.15, -0.1) is 0 Å². The van der Waals surface area contributed by atoms with Crippen LogP contribution >= 0.6 is 0 Å². The van der Waals surface area contributed by atoms with E-state index in [4.69, 9.17) is 8.83 Å². The van der Waals surface area contributed by atoms with E-state index in [0.29, 0.717) is 17.9 Å².